The van der Waals surface area contributed by atoms with E-state index in [1.165, 1.54) is 36.9 Å². The Morgan fingerprint density at radius 2 is 1.76 bits per heavy atom. The summed E-state index contributed by atoms with van der Waals surface area (Å²) in [5, 5.41) is 2.73. The molecule has 12 heteroatoms. The quantitative estimate of drug-likeness (QED) is 0.340. The van der Waals surface area contributed by atoms with Gasteiger partial charge < -0.3 is 9.47 Å². The number of rotatable bonds is 8. The van der Waals surface area contributed by atoms with E-state index in [1.807, 2.05) is 11.4 Å². The minimum Gasteiger partial charge on any atom is -0.493 e. The average molecular weight is 502 g/mol. The van der Waals surface area contributed by atoms with Crippen LogP contribution in [-0.2, 0) is 10.0 Å². The van der Waals surface area contributed by atoms with Crippen LogP contribution in [0.15, 0.2) is 65.6 Å². The van der Waals surface area contributed by atoms with E-state index in [2.05, 4.69) is 24.7 Å². The topological polar surface area (TPSA) is 116 Å². The van der Waals surface area contributed by atoms with Crippen molar-refractivity contribution in [1.82, 2.24) is 19.9 Å². The number of hydrogen-bond donors (Lipinski definition) is 1. The number of nitrogens with zero attached hydrogens (tertiary/aromatic N) is 4. The van der Waals surface area contributed by atoms with Gasteiger partial charge in [-0.05, 0) is 35.7 Å². The molecule has 0 amide bonds. The van der Waals surface area contributed by atoms with Crippen molar-refractivity contribution in [3.63, 3.8) is 0 Å². The van der Waals surface area contributed by atoms with Crippen LogP contribution in [0, 0.1) is 0 Å². The fourth-order valence-corrected chi connectivity index (χ4v) is 4.34. The maximum absolute atomic E-state index is 12.8. The van der Waals surface area contributed by atoms with E-state index in [1.54, 1.807) is 36.4 Å². The van der Waals surface area contributed by atoms with Crippen molar-refractivity contribution in [1.29, 1.82) is 0 Å². The molecule has 4 rings (SSSR count). The first-order valence-electron chi connectivity index (χ1n) is 9.35. The second-order valence-electron chi connectivity index (χ2n) is 6.31. The Balaban J connectivity index is 1.76. The molecule has 0 spiro atoms. The predicted molar refractivity (Wildman–Crippen MR) is 127 cm³/mol. The zero-order chi connectivity index (χ0) is 23.3. The lowest BCUT2D eigenvalue weighted by molar-refractivity contribution is 0.378. The van der Waals surface area contributed by atoms with Gasteiger partial charge in [0.2, 0.25) is 11.6 Å². The van der Waals surface area contributed by atoms with Crippen LogP contribution in [0.3, 0.4) is 0 Å². The van der Waals surface area contributed by atoms with Gasteiger partial charge in [0.15, 0.2) is 28.3 Å². The highest BCUT2D eigenvalue weighted by Crippen LogP contribution is 2.39. The first-order valence-corrected chi connectivity index (χ1v) is 12.2. The van der Waals surface area contributed by atoms with Gasteiger partial charge in [0, 0.05) is 17.3 Å². The summed E-state index contributed by atoms with van der Waals surface area (Å²) >= 11 is 7.79. The monoisotopic (exact) mass is 501 g/mol. The van der Waals surface area contributed by atoms with Gasteiger partial charge in [-0.25, -0.2) is 28.4 Å². The largest absolute Gasteiger partial charge is 0.493 e. The normalized spacial score (nSPS) is 11.5. The third-order valence-corrected chi connectivity index (χ3v) is 6.13. The molecule has 0 bridgehead atoms. The van der Waals surface area contributed by atoms with Crippen LogP contribution < -0.4 is 14.2 Å². The highest BCUT2D eigenvalue weighted by Gasteiger charge is 2.22. The second-order valence-corrected chi connectivity index (χ2v) is 9.21. The molecule has 33 heavy (non-hydrogen) atoms. The molecule has 1 N–H and O–H groups in total. The van der Waals surface area contributed by atoms with Crippen LogP contribution in [0.5, 0.6) is 17.2 Å². The SMILES string of the molecule is COc1ccccc1Oc1c(Cl)nc(-c2ncccn2)nc1NS(=O)(=O)/C=C/c1cccs1. The molecule has 1 aromatic carbocycles. The summed E-state index contributed by atoms with van der Waals surface area (Å²) in [6, 6.07) is 12.1. The number of aromatic nitrogens is 4. The molecule has 4 aromatic rings. The molecule has 0 atom stereocenters. The molecule has 0 aliphatic rings. The highest BCUT2D eigenvalue weighted by molar-refractivity contribution is 7.95. The van der Waals surface area contributed by atoms with E-state index >= 15 is 0 Å². The minimum atomic E-state index is -3.98. The molecule has 3 heterocycles. The summed E-state index contributed by atoms with van der Waals surface area (Å²) < 4.78 is 39.1. The number of thiophene rings is 1. The van der Waals surface area contributed by atoms with Gasteiger partial charge in [-0.3, -0.25) is 4.72 Å². The second kappa shape index (κ2) is 9.94. The van der Waals surface area contributed by atoms with Gasteiger partial charge in [0.05, 0.1) is 12.5 Å². The lowest BCUT2D eigenvalue weighted by atomic mass is 10.3. The molecule has 0 aliphatic heterocycles. The first kappa shape index (κ1) is 22.6. The van der Waals surface area contributed by atoms with Crippen LogP contribution >= 0.6 is 22.9 Å². The van der Waals surface area contributed by atoms with Crippen LogP contribution in [0.1, 0.15) is 4.88 Å². The van der Waals surface area contributed by atoms with E-state index in [0.717, 1.165) is 10.3 Å². The van der Waals surface area contributed by atoms with Gasteiger partial charge in [0.25, 0.3) is 10.0 Å². The summed E-state index contributed by atoms with van der Waals surface area (Å²) in [7, 11) is -2.50. The van der Waals surface area contributed by atoms with E-state index in [-0.39, 0.29) is 28.4 Å². The smallest absolute Gasteiger partial charge is 0.256 e. The zero-order valence-corrected chi connectivity index (χ0v) is 19.4. The number of para-hydroxylation sites is 2. The van der Waals surface area contributed by atoms with E-state index in [9.17, 15) is 8.42 Å². The molecule has 3 aromatic heterocycles. The lowest BCUT2D eigenvalue weighted by Gasteiger charge is -2.15. The zero-order valence-electron chi connectivity index (χ0n) is 17.0. The Kier molecular flexibility index (Phi) is 6.82. The minimum absolute atomic E-state index is 0.0212. The molecular weight excluding hydrogens is 486 g/mol. The van der Waals surface area contributed by atoms with Gasteiger partial charge in [-0.2, -0.15) is 0 Å². The molecular formula is C21H16ClN5O4S2. The highest BCUT2D eigenvalue weighted by atomic mass is 35.5. The van der Waals surface area contributed by atoms with Crippen LogP contribution in [0.4, 0.5) is 5.82 Å². The van der Waals surface area contributed by atoms with Gasteiger partial charge in [-0.1, -0.05) is 29.8 Å². The first-order chi connectivity index (χ1) is 15.9. The van der Waals surface area contributed by atoms with Crippen LogP contribution in [0.2, 0.25) is 5.15 Å². The molecule has 9 nitrogen and oxygen atoms in total. The number of methoxy groups -OCH3 is 1. The molecule has 0 radical (unpaired) electrons. The summed E-state index contributed by atoms with van der Waals surface area (Å²) in [6.45, 7) is 0. The average Bonchev–Trinajstić information content (AvgIpc) is 3.34. The standard InChI is InChI=1S/C21H16ClN5O4S2/c1-30-15-7-2-3-8-16(15)31-17-18(22)25-21(20-23-10-5-11-24-20)26-19(17)27-33(28,29)13-9-14-6-4-12-32-14/h2-13H,1H3,(H,25,26,27)/b13-9+. The summed E-state index contributed by atoms with van der Waals surface area (Å²) in [6.07, 6.45) is 4.48. The number of sulfonamides is 1. The van der Waals surface area contributed by atoms with E-state index in [4.69, 9.17) is 21.1 Å². The summed E-state index contributed by atoms with van der Waals surface area (Å²) in [4.78, 5) is 17.4. The third kappa shape index (κ3) is 5.64. The predicted octanol–water partition coefficient (Wildman–Crippen LogP) is 4.86. The van der Waals surface area contributed by atoms with Crippen molar-refractivity contribution in [2.75, 3.05) is 11.8 Å². The number of anilines is 1. The number of ether oxygens (including phenoxy) is 2. The van der Waals surface area contributed by atoms with Crippen molar-refractivity contribution in [3.8, 4) is 28.9 Å². The summed E-state index contributed by atoms with van der Waals surface area (Å²) in [5.41, 5.74) is 0. The molecule has 0 fully saturated rings. The molecule has 0 saturated carbocycles. The number of halogens is 1. The Hall–Kier alpha value is -3.54. The Morgan fingerprint density at radius 1 is 1.00 bits per heavy atom. The van der Waals surface area contributed by atoms with Crippen molar-refractivity contribution in [2.24, 2.45) is 0 Å². The molecule has 0 unspecified atom stereocenters. The Bertz CT molecular complexity index is 1380. The molecule has 168 valence electrons. The van der Waals surface area contributed by atoms with Crippen molar-refractivity contribution >= 4 is 44.9 Å². The van der Waals surface area contributed by atoms with Gasteiger partial charge >= 0.3 is 0 Å². The fraction of sp³-hybridized carbons (Fsp3) is 0.0476. The summed E-state index contributed by atoms with van der Waals surface area (Å²) in [5.74, 6) is 0.609. The number of hydrogen-bond acceptors (Lipinski definition) is 9. The number of nitrogens with one attached hydrogen (secondary N) is 1. The van der Waals surface area contributed by atoms with Crippen LogP contribution in [-0.4, -0.2) is 35.5 Å². The Labute approximate surface area is 198 Å². The maximum Gasteiger partial charge on any atom is 0.256 e. The maximum atomic E-state index is 12.8. The van der Waals surface area contributed by atoms with Crippen molar-refractivity contribution in [3.05, 3.63) is 75.7 Å². The van der Waals surface area contributed by atoms with Gasteiger partial charge in [0.1, 0.15) is 0 Å². The van der Waals surface area contributed by atoms with Crippen molar-refractivity contribution < 1.29 is 17.9 Å². The fourth-order valence-electron chi connectivity index (χ4n) is 2.62. The van der Waals surface area contributed by atoms with Crippen molar-refractivity contribution in [2.45, 2.75) is 0 Å². The molecule has 0 aliphatic carbocycles. The van der Waals surface area contributed by atoms with Gasteiger partial charge in [-0.15, -0.1) is 11.3 Å². The Morgan fingerprint density at radius 3 is 2.45 bits per heavy atom. The van der Waals surface area contributed by atoms with Crippen LogP contribution in [0.25, 0.3) is 17.7 Å². The molecule has 0 saturated heterocycles. The number of benzene rings is 1. The third-order valence-electron chi connectivity index (χ3n) is 4.06. The van der Waals surface area contributed by atoms with E-state index in [0.29, 0.717) is 11.5 Å². The van der Waals surface area contributed by atoms with E-state index < -0.39 is 10.0 Å². The lowest BCUT2D eigenvalue weighted by Crippen LogP contribution is -2.13.